The molecule has 0 saturated carbocycles. The van der Waals surface area contributed by atoms with Gasteiger partial charge in [-0.3, -0.25) is 4.79 Å². The molecule has 114 valence electrons. The topological polar surface area (TPSA) is 66.9 Å². The van der Waals surface area contributed by atoms with Gasteiger partial charge in [-0.05, 0) is 37.1 Å². The molecule has 0 saturated heterocycles. The summed E-state index contributed by atoms with van der Waals surface area (Å²) in [7, 11) is 0. The summed E-state index contributed by atoms with van der Waals surface area (Å²) in [5.41, 5.74) is 1.25. The molecule has 21 heavy (non-hydrogen) atoms. The van der Waals surface area contributed by atoms with Crippen LogP contribution in [0, 0.1) is 12.8 Å². The van der Waals surface area contributed by atoms with E-state index in [2.05, 4.69) is 39.8 Å². The SMILES string of the molecule is CCNC(=O)CNc1nc(C)nc2scc(CC(C)C)c12. The molecule has 2 aromatic heterocycles. The molecular weight excluding hydrogens is 284 g/mol. The Balaban J connectivity index is 2.31. The van der Waals surface area contributed by atoms with Gasteiger partial charge in [-0.15, -0.1) is 11.3 Å². The number of fused-ring (bicyclic) bond motifs is 1. The predicted molar refractivity (Wildman–Crippen MR) is 87.9 cm³/mol. The van der Waals surface area contributed by atoms with Gasteiger partial charge < -0.3 is 10.6 Å². The van der Waals surface area contributed by atoms with E-state index in [1.54, 1.807) is 11.3 Å². The molecule has 0 aliphatic rings. The number of aromatic nitrogens is 2. The number of nitrogens with zero attached hydrogens (tertiary/aromatic N) is 2. The first-order valence-corrected chi connectivity index (χ1v) is 8.14. The first-order chi connectivity index (χ1) is 10.0. The van der Waals surface area contributed by atoms with Crippen LogP contribution < -0.4 is 10.6 Å². The third-order valence-electron chi connectivity index (χ3n) is 3.04. The number of carbonyl (C=O) groups excluding carboxylic acids is 1. The third-order valence-corrected chi connectivity index (χ3v) is 3.96. The number of anilines is 1. The number of hydrogen-bond acceptors (Lipinski definition) is 5. The molecule has 5 nitrogen and oxygen atoms in total. The highest BCUT2D eigenvalue weighted by Gasteiger charge is 2.14. The highest BCUT2D eigenvalue weighted by Crippen LogP contribution is 2.31. The number of likely N-dealkylation sites (N-methyl/N-ethyl adjacent to an activating group) is 1. The van der Waals surface area contributed by atoms with Gasteiger partial charge in [0.15, 0.2) is 0 Å². The van der Waals surface area contributed by atoms with E-state index in [-0.39, 0.29) is 12.5 Å². The Bertz CT molecular complexity index is 636. The van der Waals surface area contributed by atoms with Gasteiger partial charge in [0.05, 0.1) is 11.9 Å². The lowest BCUT2D eigenvalue weighted by molar-refractivity contribution is -0.119. The molecule has 0 aromatic carbocycles. The molecule has 0 aliphatic heterocycles. The van der Waals surface area contributed by atoms with Crippen LogP contribution >= 0.6 is 11.3 Å². The van der Waals surface area contributed by atoms with Crippen LogP contribution in [0.3, 0.4) is 0 Å². The van der Waals surface area contributed by atoms with Gasteiger partial charge in [0.25, 0.3) is 0 Å². The molecule has 0 atom stereocenters. The summed E-state index contributed by atoms with van der Waals surface area (Å²) >= 11 is 1.64. The smallest absolute Gasteiger partial charge is 0.239 e. The molecule has 0 radical (unpaired) electrons. The number of aryl methyl sites for hydroxylation is 1. The first kappa shape index (κ1) is 15.7. The quantitative estimate of drug-likeness (QED) is 0.861. The van der Waals surface area contributed by atoms with Crippen molar-refractivity contribution >= 4 is 33.3 Å². The van der Waals surface area contributed by atoms with Gasteiger partial charge in [0.1, 0.15) is 16.5 Å². The minimum absolute atomic E-state index is 0.0254. The van der Waals surface area contributed by atoms with E-state index in [9.17, 15) is 4.79 Å². The molecule has 6 heteroatoms. The van der Waals surface area contributed by atoms with E-state index >= 15 is 0 Å². The molecule has 2 aromatic rings. The lowest BCUT2D eigenvalue weighted by atomic mass is 10.0. The Kier molecular flexibility index (Phi) is 5.12. The van der Waals surface area contributed by atoms with Crippen LogP contribution in [0.15, 0.2) is 5.38 Å². The highest BCUT2D eigenvalue weighted by molar-refractivity contribution is 7.17. The lowest BCUT2D eigenvalue weighted by Gasteiger charge is -2.10. The van der Waals surface area contributed by atoms with Crippen LogP contribution in [0.5, 0.6) is 0 Å². The maximum atomic E-state index is 11.6. The zero-order chi connectivity index (χ0) is 15.4. The summed E-state index contributed by atoms with van der Waals surface area (Å²) in [6.07, 6.45) is 0.988. The maximum Gasteiger partial charge on any atom is 0.239 e. The molecule has 2 rings (SSSR count). The second-order valence-corrected chi connectivity index (χ2v) is 6.32. The molecule has 2 N–H and O–H groups in total. The van der Waals surface area contributed by atoms with Crippen LogP contribution in [0.4, 0.5) is 5.82 Å². The zero-order valence-corrected chi connectivity index (χ0v) is 13.8. The number of hydrogen-bond donors (Lipinski definition) is 2. The summed E-state index contributed by atoms with van der Waals surface area (Å²) in [5.74, 6) is 2.03. The summed E-state index contributed by atoms with van der Waals surface area (Å²) in [6, 6.07) is 0. The summed E-state index contributed by atoms with van der Waals surface area (Å²) < 4.78 is 0. The lowest BCUT2D eigenvalue weighted by Crippen LogP contribution is -2.29. The van der Waals surface area contributed by atoms with Crippen molar-refractivity contribution in [1.82, 2.24) is 15.3 Å². The Morgan fingerprint density at radius 2 is 2.14 bits per heavy atom. The average Bonchev–Trinajstić information content (AvgIpc) is 2.78. The Labute approximate surface area is 129 Å². The molecule has 2 heterocycles. The zero-order valence-electron chi connectivity index (χ0n) is 13.0. The van der Waals surface area contributed by atoms with Crippen LogP contribution in [-0.2, 0) is 11.2 Å². The number of amides is 1. The summed E-state index contributed by atoms with van der Waals surface area (Å²) in [6.45, 7) is 9.04. The molecule has 1 amide bonds. The average molecular weight is 306 g/mol. The second kappa shape index (κ2) is 6.85. The Morgan fingerprint density at radius 1 is 1.38 bits per heavy atom. The van der Waals surface area contributed by atoms with E-state index in [1.807, 2.05) is 13.8 Å². The van der Waals surface area contributed by atoms with Gasteiger partial charge in [-0.1, -0.05) is 13.8 Å². The van der Waals surface area contributed by atoms with Crippen molar-refractivity contribution in [2.75, 3.05) is 18.4 Å². The predicted octanol–water partition coefficient (Wildman–Crippen LogP) is 2.75. The first-order valence-electron chi connectivity index (χ1n) is 7.26. The molecule has 0 bridgehead atoms. The third kappa shape index (κ3) is 3.91. The molecule has 0 spiro atoms. The van der Waals surface area contributed by atoms with E-state index < -0.39 is 0 Å². The number of carbonyl (C=O) groups is 1. The fourth-order valence-corrected chi connectivity index (χ4v) is 3.25. The normalized spacial score (nSPS) is 11.1. The molecule has 0 aliphatic carbocycles. The van der Waals surface area contributed by atoms with Crippen LogP contribution in [0.2, 0.25) is 0 Å². The van der Waals surface area contributed by atoms with Crippen LogP contribution in [-0.4, -0.2) is 29.0 Å². The molecular formula is C15H22N4OS. The largest absolute Gasteiger partial charge is 0.360 e. The van der Waals surface area contributed by atoms with Crippen molar-refractivity contribution in [1.29, 1.82) is 0 Å². The van der Waals surface area contributed by atoms with Gasteiger partial charge in [-0.25, -0.2) is 9.97 Å². The van der Waals surface area contributed by atoms with Crippen LogP contribution in [0.1, 0.15) is 32.2 Å². The fourth-order valence-electron chi connectivity index (χ4n) is 2.25. The Hall–Kier alpha value is -1.69. The van der Waals surface area contributed by atoms with Crippen molar-refractivity contribution < 1.29 is 4.79 Å². The summed E-state index contributed by atoms with van der Waals surface area (Å²) in [4.78, 5) is 21.6. The Morgan fingerprint density at radius 3 is 2.81 bits per heavy atom. The van der Waals surface area contributed by atoms with Gasteiger partial charge in [0.2, 0.25) is 5.91 Å². The molecule has 0 unspecified atom stereocenters. The van der Waals surface area contributed by atoms with E-state index in [0.717, 1.165) is 28.3 Å². The standard InChI is InChI=1S/C15H22N4OS/c1-5-16-12(20)7-17-14-13-11(6-9(2)3)8-21-15(13)19-10(4)18-14/h8-9H,5-7H2,1-4H3,(H,16,20)(H,17,18,19). The second-order valence-electron chi connectivity index (χ2n) is 5.47. The van der Waals surface area contributed by atoms with E-state index in [0.29, 0.717) is 12.5 Å². The fraction of sp³-hybridized carbons (Fsp3) is 0.533. The van der Waals surface area contributed by atoms with Crippen LogP contribution in [0.25, 0.3) is 10.2 Å². The van der Waals surface area contributed by atoms with Crippen molar-refractivity contribution in [3.8, 4) is 0 Å². The maximum absolute atomic E-state index is 11.6. The van der Waals surface area contributed by atoms with Gasteiger partial charge >= 0.3 is 0 Å². The number of thiophene rings is 1. The highest BCUT2D eigenvalue weighted by atomic mass is 32.1. The van der Waals surface area contributed by atoms with Gasteiger partial charge in [0, 0.05) is 6.54 Å². The monoisotopic (exact) mass is 306 g/mol. The van der Waals surface area contributed by atoms with E-state index in [4.69, 9.17) is 0 Å². The summed E-state index contributed by atoms with van der Waals surface area (Å²) in [5, 5.41) is 9.14. The van der Waals surface area contributed by atoms with Gasteiger partial charge in [-0.2, -0.15) is 0 Å². The van der Waals surface area contributed by atoms with Crippen molar-refractivity contribution in [2.24, 2.45) is 5.92 Å². The number of nitrogens with one attached hydrogen (secondary N) is 2. The van der Waals surface area contributed by atoms with Crippen molar-refractivity contribution in [3.05, 3.63) is 16.8 Å². The minimum atomic E-state index is -0.0254. The molecule has 0 fully saturated rings. The van der Waals surface area contributed by atoms with Crippen molar-refractivity contribution in [2.45, 2.75) is 34.1 Å². The van der Waals surface area contributed by atoms with E-state index in [1.165, 1.54) is 5.56 Å². The van der Waals surface area contributed by atoms with Crippen molar-refractivity contribution in [3.63, 3.8) is 0 Å². The number of rotatable bonds is 6. The minimum Gasteiger partial charge on any atom is -0.360 e.